The van der Waals surface area contributed by atoms with Gasteiger partial charge in [-0.25, -0.2) is 0 Å². The third kappa shape index (κ3) is 5.90. The fourth-order valence-electron chi connectivity index (χ4n) is 5.02. The number of halogens is 2. The molecule has 5 rings (SSSR count). The number of allylic oxidation sites excluding steroid dienone is 5. The molecule has 0 N–H and O–H groups in total. The van der Waals surface area contributed by atoms with Crippen LogP contribution in [0.4, 0.5) is 0 Å². The molecule has 0 heterocycles. The predicted molar refractivity (Wildman–Crippen MR) is 141 cm³/mol. The van der Waals surface area contributed by atoms with Crippen molar-refractivity contribution in [3.8, 4) is 0 Å². The molecule has 0 amide bonds. The molecule has 0 fully saturated rings. The second-order valence-corrected chi connectivity index (χ2v) is 14.8. The van der Waals surface area contributed by atoms with Gasteiger partial charge in [-0.1, -0.05) is 0 Å². The summed E-state index contributed by atoms with van der Waals surface area (Å²) in [6.07, 6.45) is 10.1. The number of hydrogen-bond acceptors (Lipinski definition) is 0. The van der Waals surface area contributed by atoms with Crippen LogP contribution in [0.2, 0.25) is 0 Å². The fraction of sp³-hybridized carbons (Fsp3) is 0.226. The van der Waals surface area contributed by atoms with Crippen LogP contribution in [0.1, 0.15) is 54.3 Å². The molecule has 0 saturated heterocycles. The summed E-state index contributed by atoms with van der Waals surface area (Å²) in [6, 6.07) is 31.7. The first-order valence-corrected chi connectivity index (χ1v) is 16.1. The Balaban J connectivity index is 0.00000171. The summed E-state index contributed by atoms with van der Waals surface area (Å²) < 4.78 is 2.47. The van der Waals surface area contributed by atoms with E-state index in [9.17, 15) is 0 Å². The first-order chi connectivity index (χ1) is 16.3. The quantitative estimate of drug-likeness (QED) is 0.369. The standard InChI is InChI=1S/C21H16P.C10H15.2FH.Zr/c1-3-11-19(12-4-1)22(20-13-5-2-6-14-20)21-15-17-9-7-8-10-18(17)16-21;1-3-4-7-10-8-5-6-9(10)2;;;/h1-16H;6H,3-5,7H2,1-2H3;2*1H;/q;;;;+2/p-2. The fourth-order valence-corrected chi connectivity index (χ4v) is 13.1. The van der Waals surface area contributed by atoms with Gasteiger partial charge in [0.1, 0.15) is 0 Å². The second-order valence-electron chi connectivity index (χ2n) is 8.93. The number of hydrogen-bond donors (Lipinski definition) is 0. The van der Waals surface area contributed by atoms with E-state index in [2.05, 4.69) is 111 Å². The van der Waals surface area contributed by atoms with Gasteiger partial charge in [0.15, 0.2) is 0 Å². The van der Waals surface area contributed by atoms with E-state index in [0.29, 0.717) is 3.63 Å². The molecule has 178 valence electrons. The predicted octanol–water partition coefficient (Wildman–Crippen LogP) is 2.10. The van der Waals surface area contributed by atoms with Crippen LogP contribution in [-0.4, -0.2) is 0 Å². The largest absolute Gasteiger partial charge is 1.00 e. The molecule has 1 atom stereocenters. The molecule has 0 saturated carbocycles. The summed E-state index contributed by atoms with van der Waals surface area (Å²) in [4.78, 5) is 0. The maximum atomic E-state index is 2.56. The third-order valence-electron chi connectivity index (χ3n) is 6.74. The van der Waals surface area contributed by atoms with Gasteiger partial charge in [-0.05, 0) is 0 Å². The van der Waals surface area contributed by atoms with Gasteiger partial charge in [0.25, 0.3) is 0 Å². The van der Waals surface area contributed by atoms with E-state index >= 15 is 0 Å². The van der Waals surface area contributed by atoms with Crippen molar-refractivity contribution in [2.75, 3.05) is 0 Å². The van der Waals surface area contributed by atoms with Gasteiger partial charge in [0.05, 0.1) is 0 Å². The van der Waals surface area contributed by atoms with Crippen molar-refractivity contribution in [1.82, 2.24) is 0 Å². The molecule has 4 heteroatoms. The molecule has 3 aromatic rings. The monoisotopic (exact) mass is 562 g/mol. The number of benzene rings is 3. The smallest absolute Gasteiger partial charge is 1.00 e. The Bertz CT molecular complexity index is 1180. The SMILES string of the molecule is CCCCC1=[C]([Zr+2][CH]2C(P(c3ccccc3)c3ccccc3)=Cc3ccccc32)CC=C1C.[F-].[F-]. The van der Waals surface area contributed by atoms with E-state index in [0.717, 1.165) is 0 Å². The van der Waals surface area contributed by atoms with Gasteiger partial charge in [0, 0.05) is 0 Å². The molecule has 0 spiro atoms. The van der Waals surface area contributed by atoms with Crippen molar-refractivity contribution in [2.24, 2.45) is 0 Å². The third-order valence-corrected chi connectivity index (χ3v) is 14.2. The Labute approximate surface area is 221 Å². The summed E-state index contributed by atoms with van der Waals surface area (Å²) in [5.74, 6) is 0. The number of unbranched alkanes of at least 4 members (excludes halogenated alkanes) is 1. The average molecular weight is 564 g/mol. The molecule has 0 aliphatic heterocycles. The van der Waals surface area contributed by atoms with Gasteiger partial charge >= 0.3 is 213 Å². The topological polar surface area (TPSA) is 0 Å². The summed E-state index contributed by atoms with van der Waals surface area (Å²) in [5, 5.41) is 4.63. The first kappa shape index (κ1) is 27.6. The zero-order valence-corrected chi connectivity index (χ0v) is 23.7. The zero-order chi connectivity index (χ0) is 22.6. The van der Waals surface area contributed by atoms with E-state index in [4.69, 9.17) is 0 Å². The minimum Gasteiger partial charge on any atom is -1.00 e. The molecular formula is C31H31F2PZr. The maximum Gasteiger partial charge on any atom is -1.00 e. The Hall–Kier alpha value is -1.95. The summed E-state index contributed by atoms with van der Waals surface area (Å²) in [5.41, 5.74) is 6.32. The Kier molecular flexibility index (Phi) is 10.1. The maximum absolute atomic E-state index is 2.56. The first-order valence-electron chi connectivity index (χ1n) is 12.1. The molecule has 2 aliphatic rings. The molecule has 0 nitrogen and oxygen atoms in total. The average Bonchev–Trinajstić information content (AvgIpc) is 3.39. The van der Waals surface area contributed by atoms with Crippen LogP contribution in [0.15, 0.2) is 111 Å². The van der Waals surface area contributed by atoms with E-state index in [1.165, 1.54) is 41.9 Å². The zero-order valence-electron chi connectivity index (χ0n) is 20.3. The van der Waals surface area contributed by atoms with E-state index in [-0.39, 0.29) is 9.41 Å². The van der Waals surface area contributed by atoms with E-state index in [1.54, 1.807) is 22.0 Å². The molecule has 0 bridgehead atoms. The molecule has 35 heavy (non-hydrogen) atoms. The van der Waals surface area contributed by atoms with Crippen LogP contribution in [-0.2, 0) is 23.2 Å². The van der Waals surface area contributed by atoms with Crippen molar-refractivity contribution in [3.63, 3.8) is 0 Å². The van der Waals surface area contributed by atoms with Crippen molar-refractivity contribution in [2.45, 2.75) is 43.2 Å². The Morgan fingerprint density at radius 3 is 2.06 bits per heavy atom. The van der Waals surface area contributed by atoms with Crippen LogP contribution in [0.3, 0.4) is 0 Å². The van der Waals surface area contributed by atoms with Gasteiger partial charge in [-0.3, -0.25) is 0 Å². The van der Waals surface area contributed by atoms with Crippen LogP contribution in [0.25, 0.3) is 6.08 Å². The molecule has 1 unspecified atom stereocenters. The molecular weight excluding hydrogens is 533 g/mol. The summed E-state index contributed by atoms with van der Waals surface area (Å²) in [7, 11) is -0.530. The van der Waals surface area contributed by atoms with Crippen molar-refractivity contribution in [3.05, 3.63) is 122 Å². The minimum absolute atomic E-state index is 0. The van der Waals surface area contributed by atoms with Crippen molar-refractivity contribution in [1.29, 1.82) is 0 Å². The van der Waals surface area contributed by atoms with Crippen LogP contribution >= 0.6 is 7.92 Å². The molecule has 0 radical (unpaired) electrons. The molecule has 0 aromatic heterocycles. The Morgan fingerprint density at radius 1 is 0.829 bits per heavy atom. The van der Waals surface area contributed by atoms with E-state index < -0.39 is 31.2 Å². The van der Waals surface area contributed by atoms with Crippen LogP contribution in [0, 0.1) is 0 Å². The van der Waals surface area contributed by atoms with Crippen molar-refractivity contribution >= 4 is 24.6 Å². The summed E-state index contributed by atoms with van der Waals surface area (Å²) >= 11 is -0.840. The number of fused-ring (bicyclic) bond motifs is 1. The van der Waals surface area contributed by atoms with Gasteiger partial charge in [-0.15, -0.1) is 0 Å². The van der Waals surface area contributed by atoms with Gasteiger partial charge < -0.3 is 9.41 Å². The van der Waals surface area contributed by atoms with Crippen molar-refractivity contribution < 1.29 is 32.6 Å². The number of rotatable bonds is 8. The molecule has 3 aromatic carbocycles. The molecule has 2 aliphatic carbocycles. The van der Waals surface area contributed by atoms with Gasteiger partial charge in [-0.2, -0.15) is 0 Å². The van der Waals surface area contributed by atoms with Crippen LogP contribution < -0.4 is 20.0 Å². The summed E-state index contributed by atoms with van der Waals surface area (Å²) in [6.45, 7) is 4.66. The second kappa shape index (κ2) is 12.8. The van der Waals surface area contributed by atoms with Gasteiger partial charge in [0.2, 0.25) is 0 Å². The normalized spacial score (nSPS) is 16.1. The van der Waals surface area contributed by atoms with E-state index in [1.807, 2.05) is 3.28 Å². The Morgan fingerprint density at radius 2 is 1.43 bits per heavy atom. The van der Waals surface area contributed by atoms with Crippen LogP contribution in [0.5, 0.6) is 0 Å². The minimum atomic E-state index is -0.840.